The van der Waals surface area contributed by atoms with Crippen molar-refractivity contribution in [1.29, 1.82) is 0 Å². The van der Waals surface area contributed by atoms with Gasteiger partial charge in [0.15, 0.2) is 0 Å². The van der Waals surface area contributed by atoms with Crippen molar-refractivity contribution >= 4 is 5.97 Å². The van der Waals surface area contributed by atoms with Crippen molar-refractivity contribution in [2.24, 2.45) is 0 Å². The summed E-state index contributed by atoms with van der Waals surface area (Å²) in [6.45, 7) is 2.65. The maximum absolute atomic E-state index is 9.26. The molecule has 0 radical (unpaired) electrons. The average Bonchev–Trinajstić information content (AvgIpc) is 1.86. The van der Waals surface area contributed by atoms with Gasteiger partial charge in [-0.05, 0) is 6.42 Å². The number of aliphatic hydroxyl groups is 1. The molecule has 1 N–H and O–H groups in total. The van der Waals surface area contributed by atoms with Crippen LogP contribution in [0.1, 0.15) is 13.3 Å². The summed E-state index contributed by atoms with van der Waals surface area (Å²) in [5.41, 5.74) is 0. The molecular weight excluding hydrogens is 285 g/mol. The lowest BCUT2D eigenvalue weighted by molar-refractivity contribution is -0.870. The van der Waals surface area contributed by atoms with E-state index >= 15 is 0 Å². The largest absolute Gasteiger partial charge is 1.00 e. The zero-order valence-electron chi connectivity index (χ0n) is 8.71. The zero-order valence-corrected chi connectivity index (χ0v) is 10.9. The van der Waals surface area contributed by atoms with Gasteiger partial charge in [-0.2, -0.15) is 0 Å². The number of carboxylic acid groups (broad SMARTS) is 1. The first-order valence-electron chi connectivity index (χ1n) is 3.94. The van der Waals surface area contributed by atoms with Gasteiger partial charge in [0.25, 0.3) is 0 Å². The summed E-state index contributed by atoms with van der Waals surface area (Å²) in [4.78, 5) is 9.26. The molecule has 82 valence electrons. The minimum atomic E-state index is -0.995. The van der Waals surface area contributed by atoms with Crippen molar-refractivity contribution in [2.75, 3.05) is 34.3 Å². The molecule has 0 saturated carbocycles. The first-order chi connectivity index (χ1) is 5.33. The normalized spacial score (nSPS) is 9.31. The van der Waals surface area contributed by atoms with E-state index in [4.69, 9.17) is 5.11 Å². The number of aliphatic hydroxyl groups excluding tert-OH is 1. The van der Waals surface area contributed by atoms with E-state index in [1.807, 2.05) is 0 Å². The zero-order chi connectivity index (χ0) is 10.2. The molecule has 0 atom stereocenters. The Labute approximate surface area is 97.2 Å². The first-order valence-corrected chi connectivity index (χ1v) is 3.94. The number of halogens is 1. The topological polar surface area (TPSA) is 60.4 Å². The monoisotopic (exact) mass is 304 g/mol. The number of nitrogens with zero attached hydrogens (tertiary/aromatic N) is 1. The predicted octanol–water partition coefficient (Wildman–Crippen LogP) is -4.16. The van der Waals surface area contributed by atoms with Crippen molar-refractivity contribution in [3.63, 3.8) is 0 Å². The minimum Gasteiger partial charge on any atom is -1.00 e. The summed E-state index contributed by atoms with van der Waals surface area (Å²) in [7, 11) is 6.16. The standard InChI is InChI=1S/C5H14NO.C3H6O2.HI/c1-6(2,3)4-5-7;1-2-3(4)5;/h7H,4-5H2,1-3H3;2H2,1H3,(H,4,5);1H/q+1;;/p-2. The van der Waals surface area contributed by atoms with E-state index in [9.17, 15) is 9.90 Å². The van der Waals surface area contributed by atoms with Crippen LogP contribution in [0, 0.1) is 0 Å². The first kappa shape index (κ1) is 18.8. The van der Waals surface area contributed by atoms with E-state index < -0.39 is 5.97 Å². The molecule has 0 saturated heterocycles. The summed E-state index contributed by atoms with van der Waals surface area (Å²) in [5, 5.41) is 17.6. The van der Waals surface area contributed by atoms with Crippen LogP contribution in [0.3, 0.4) is 0 Å². The summed E-state index contributed by atoms with van der Waals surface area (Å²) in [6.07, 6.45) is 0.111. The second kappa shape index (κ2) is 10.2. The number of aliphatic carboxylic acids is 1. The highest BCUT2D eigenvalue weighted by Crippen LogP contribution is 1.84. The van der Waals surface area contributed by atoms with E-state index in [2.05, 4.69) is 21.1 Å². The van der Waals surface area contributed by atoms with Gasteiger partial charge in [0.2, 0.25) is 0 Å². The number of carboxylic acids is 1. The maximum atomic E-state index is 9.26. The van der Waals surface area contributed by atoms with Crippen LogP contribution in [0.2, 0.25) is 0 Å². The molecule has 0 aliphatic carbocycles. The van der Waals surface area contributed by atoms with Crippen LogP contribution in [0.25, 0.3) is 0 Å². The maximum Gasteiger partial charge on any atom is 0.101 e. The predicted molar refractivity (Wildman–Crippen MR) is 45.3 cm³/mol. The third-order valence-corrected chi connectivity index (χ3v) is 1.06. The van der Waals surface area contributed by atoms with Crippen LogP contribution in [0.15, 0.2) is 0 Å². The van der Waals surface area contributed by atoms with E-state index in [1.165, 1.54) is 6.92 Å². The molecule has 0 aromatic heterocycles. The fraction of sp³-hybridized carbons (Fsp3) is 0.875. The number of likely N-dealkylation sites (N-methyl/N-ethyl adjacent to an activating group) is 1. The Bertz CT molecular complexity index is 123. The average molecular weight is 304 g/mol. The molecule has 0 bridgehead atoms. The Morgan fingerprint density at radius 3 is 1.69 bits per heavy atom. The fourth-order valence-corrected chi connectivity index (χ4v) is 0.300. The number of quaternary nitrogens is 1. The molecule has 0 aromatic rings. The third-order valence-electron chi connectivity index (χ3n) is 1.06. The molecule has 0 aliphatic rings. The van der Waals surface area contributed by atoms with Crippen molar-refractivity contribution < 1.29 is 43.5 Å². The van der Waals surface area contributed by atoms with E-state index in [1.54, 1.807) is 0 Å². The number of rotatable bonds is 3. The van der Waals surface area contributed by atoms with E-state index in [0.717, 1.165) is 11.0 Å². The highest BCUT2D eigenvalue weighted by atomic mass is 127. The van der Waals surface area contributed by atoms with E-state index in [-0.39, 0.29) is 37.0 Å². The van der Waals surface area contributed by atoms with Crippen LogP contribution in [-0.2, 0) is 4.79 Å². The lowest BCUT2D eigenvalue weighted by Crippen LogP contribution is -3.00. The lowest BCUT2D eigenvalue weighted by Gasteiger charge is -2.21. The van der Waals surface area contributed by atoms with Crippen LogP contribution in [-0.4, -0.2) is 49.9 Å². The van der Waals surface area contributed by atoms with Gasteiger partial charge >= 0.3 is 0 Å². The van der Waals surface area contributed by atoms with Crippen molar-refractivity contribution in [1.82, 2.24) is 0 Å². The Kier molecular flexibility index (Phi) is 14.8. The summed E-state index contributed by atoms with van der Waals surface area (Å²) < 4.78 is 0.844. The molecule has 0 spiro atoms. The summed E-state index contributed by atoms with van der Waals surface area (Å²) >= 11 is 0. The van der Waals surface area contributed by atoms with Crippen molar-refractivity contribution in [3.05, 3.63) is 0 Å². The molecule has 0 aromatic carbocycles. The molecule has 0 amide bonds. The summed E-state index contributed by atoms with van der Waals surface area (Å²) in [5.74, 6) is -0.995. The van der Waals surface area contributed by atoms with Crippen molar-refractivity contribution in [3.8, 4) is 0 Å². The van der Waals surface area contributed by atoms with Crippen LogP contribution < -0.4 is 29.1 Å². The van der Waals surface area contributed by atoms with Gasteiger partial charge in [-0.15, -0.1) is 0 Å². The lowest BCUT2D eigenvalue weighted by atomic mass is 10.5. The Balaban J connectivity index is -0.000000150. The Morgan fingerprint density at radius 1 is 1.38 bits per heavy atom. The van der Waals surface area contributed by atoms with Gasteiger partial charge in [0.05, 0.1) is 27.7 Å². The summed E-state index contributed by atoms with van der Waals surface area (Å²) in [6, 6.07) is 0. The van der Waals surface area contributed by atoms with Gasteiger partial charge in [0, 0.05) is 5.97 Å². The van der Waals surface area contributed by atoms with Gasteiger partial charge < -0.3 is 43.5 Å². The number of hydrogen-bond acceptors (Lipinski definition) is 3. The molecule has 5 heteroatoms. The van der Waals surface area contributed by atoms with Crippen LogP contribution in [0.4, 0.5) is 0 Å². The van der Waals surface area contributed by atoms with Gasteiger partial charge in [0.1, 0.15) is 6.54 Å². The highest BCUT2D eigenvalue weighted by Gasteiger charge is 2.02. The smallest absolute Gasteiger partial charge is 0.101 e. The molecule has 0 fully saturated rings. The number of carbonyl (C=O) groups is 1. The molecule has 4 nitrogen and oxygen atoms in total. The molecule has 0 unspecified atom stereocenters. The van der Waals surface area contributed by atoms with E-state index in [0.29, 0.717) is 0 Å². The van der Waals surface area contributed by atoms with Gasteiger partial charge in [-0.3, -0.25) is 0 Å². The van der Waals surface area contributed by atoms with Gasteiger partial charge in [-0.25, -0.2) is 0 Å². The molecule has 0 aliphatic heterocycles. The molecule has 13 heavy (non-hydrogen) atoms. The van der Waals surface area contributed by atoms with Gasteiger partial charge in [-0.1, -0.05) is 6.92 Å². The van der Waals surface area contributed by atoms with Crippen LogP contribution in [0.5, 0.6) is 0 Å². The molecule has 0 heterocycles. The van der Waals surface area contributed by atoms with Crippen LogP contribution >= 0.6 is 0 Å². The SMILES string of the molecule is CCC(=O)[O-].C[N+](C)(C)CCO.[I-]. The van der Waals surface area contributed by atoms with Crippen molar-refractivity contribution in [2.45, 2.75) is 13.3 Å². The highest BCUT2D eigenvalue weighted by molar-refractivity contribution is 5.63. The minimum absolute atomic E-state index is 0. The third kappa shape index (κ3) is 33.1. The second-order valence-corrected chi connectivity index (χ2v) is 3.46. The Morgan fingerprint density at radius 2 is 1.69 bits per heavy atom. The molecule has 0 rings (SSSR count). The quantitative estimate of drug-likeness (QED) is 0.425. The second-order valence-electron chi connectivity index (χ2n) is 3.46. The number of hydrogen-bond donors (Lipinski definition) is 1. The number of carbonyl (C=O) groups excluding carboxylic acids is 1. The fourth-order valence-electron chi connectivity index (χ4n) is 0.300. The molecular formula is C8H19INO3-. The Hall–Kier alpha value is 0.120.